The summed E-state index contributed by atoms with van der Waals surface area (Å²) in [5.74, 6) is 0.359. The van der Waals surface area contributed by atoms with Crippen LogP contribution in [0.1, 0.15) is 17.1 Å². The number of primary amides is 1. The van der Waals surface area contributed by atoms with Crippen molar-refractivity contribution < 1.29 is 14.1 Å². The van der Waals surface area contributed by atoms with Crippen molar-refractivity contribution in [3.63, 3.8) is 0 Å². The van der Waals surface area contributed by atoms with Crippen LogP contribution < -0.4 is 16.2 Å². The zero-order valence-corrected chi connectivity index (χ0v) is 15.7. The van der Waals surface area contributed by atoms with Gasteiger partial charge < -0.3 is 20.0 Å². The molecular formula is C20H17N5O4. The van der Waals surface area contributed by atoms with E-state index < -0.39 is 17.1 Å². The topological polar surface area (TPSA) is 129 Å². The zero-order chi connectivity index (χ0) is 20.3. The Hall–Kier alpha value is -3.88. The van der Waals surface area contributed by atoms with Gasteiger partial charge in [-0.3, -0.25) is 14.3 Å². The number of hydrogen-bond donors (Lipinski definition) is 2. The number of amides is 1. The van der Waals surface area contributed by atoms with Crippen molar-refractivity contribution in [3.05, 3.63) is 64.2 Å². The molecule has 29 heavy (non-hydrogen) atoms. The van der Waals surface area contributed by atoms with Crippen LogP contribution in [0.4, 0.5) is 0 Å². The number of carbonyl (C=O) groups excluding carboxylic acids is 1. The fourth-order valence-electron chi connectivity index (χ4n) is 4.09. The van der Waals surface area contributed by atoms with Gasteiger partial charge in [-0.1, -0.05) is 11.2 Å². The number of nitrogens with zero attached hydrogens (tertiary/aromatic N) is 3. The third kappa shape index (κ3) is 2.15. The Kier molecular flexibility index (Phi) is 3.45. The van der Waals surface area contributed by atoms with E-state index in [4.69, 9.17) is 15.0 Å². The van der Waals surface area contributed by atoms with Crippen molar-refractivity contribution >= 4 is 16.9 Å². The van der Waals surface area contributed by atoms with E-state index in [9.17, 15) is 9.59 Å². The second kappa shape index (κ2) is 5.81. The normalized spacial score (nSPS) is 18.0. The third-order valence-corrected chi connectivity index (χ3v) is 5.41. The molecule has 0 saturated heterocycles. The number of aromatic amines is 1. The van der Waals surface area contributed by atoms with E-state index >= 15 is 0 Å². The number of rotatable bonds is 3. The van der Waals surface area contributed by atoms with Crippen LogP contribution in [0.15, 0.2) is 45.8 Å². The summed E-state index contributed by atoms with van der Waals surface area (Å²) in [6.07, 6.45) is 1.55. The second-order valence-corrected chi connectivity index (χ2v) is 7.03. The molecule has 1 aromatic carbocycles. The molecule has 0 saturated carbocycles. The van der Waals surface area contributed by atoms with Crippen LogP contribution in [0.25, 0.3) is 22.2 Å². The number of pyridine rings is 1. The van der Waals surface area contributed by atoms with Gasteiger partial charge in [0.05, 0.1) is 22.5 Å². The molecule has 1 aliphatic heterocycles. The summed E-state index contributed by atoms with van der Waals surface area (Å²) in [6, 6.07) is 8.71. The van der Waals surface area contributed by atoms with Crippen LogP contribution in [0.2, 0.25) is 0 Å². The molecule has 0 fully saturated rings. The standard InChI is InChI=1S/C20H17N5O4/c1-10-15(11(2)29-24-10)12-6-7-13-16-17(12)28-9-20(18(21)26,25(16)19(27)23-13)14-5-3-4-8-22-14/h3-8H,9H2,1-2H3,(H2,21,26)(H,23,27). The van der Waals surface area contributed by atoms with Gasteiger partial charge in [0, 0.05) is 11.8 Å². The number of imidazole rings is 1. The summed E-state index contributed by atoms with van der Waals surface area (Å²) >= 11 is 0. The maximum Gasteiger partial charge on any atom is 0.327 e. The molecule has 0 radical (unpaired) electrons. The number of ether oxygens (including phenoxy) is 1. The van der Waals surface area contributed by atoms with Gasteiger partial charge in [-0.2, -0.15) is 0 Å². The minimum Gasteiger partial charge on any atom is -0.487 e. The molecule has 4 aromatic rings. The molecular weight excluding hydrogens is 374 g/mol. The lowest BCUT2D eigenvalue weighted by Crippen LogP contribution is -2.56. The smallest absolute Gasteiger partial charge is 0.327 e. The highest BCUT2D eigenvalue weighted by molar-refractivity contribution is 5.96. The van der Waals surface area contributed by atoms with E-state index in [-0.39, 0.29) is 6.61 Å². The number of aryl methyl sites for hydroxylation is 2. The first-order chi connectivity index (χ1) is 13.9. The van der Waals surface area contributed by atoms with Gasteiger partial charge >= 0.3 is 5.69 Å². The van der Waals surface area contributed by atoms with E-state index in [2.05, 4.69) is 15.1 Å². The number of aromatic nitrogens is 4. The first kappa shape index (κ1) is 17.2. The highest BCUT2D eigenvalue weighted by Crippen LogP contribution is 2.44. The minimum atomic E-state index is -1.57. The van der Waals surface area contributed by atoms with E-state index in [1.165, 1.54) is 4.57 Å². The highest BCUT2D eigenvalue weighted by Gasteiger charge is 2.49. The van der Waals surface area contributed by atoms with Gasteiger partial charge in [-0.15, -0.1) is 0 Å². The Morgan fingerprint density at radius 1 is 1.28 bits per heavy atom. The predicted molar refractivity (Wildman–Crippen MR) is 104 cm³/mol. The van der Waals surface area contributed by atoms with Crippen LogP contribution in [0.5, 0.6) is 5.75 Å². The summed E-state index contributed by atoms with van der Waals surface area (Å²) in [5.41, 5.74) is 7.30. The van der Waals surface area contributed by atoms with Gasteiger partial charge in [0.2, 0.25) is 5.54 Å². The fraction of sp³-hybridized carbons (Fsp3) is 0.200. The van der Waals surface area contributed by atoms with Crippen LogP contribution in [-0.4, -0.2) is 32.2 Å². The lowest BCUT2D eigenvalue weighted by molar-refractivity contribution is -0.126. The molecule has 1 aliphatic rings. The number of benzene rings is 1. The third-order valence-electron chi connectivity index (χ3n) is 5.41. The molecule has 9 heteroatoms. The molecule has 3 N–H and O–H groups in total. The maximum atomic E-state index is 13.0. The molecule has 9 nitrogen and oxygen atoms in total. The first-order valence-electron chi connectivity index (χ1n) is 9.01. The summed E-state index contributed by atoms with van der Waals surface area (Å²) in [4.78, 5) is 32.8. The average Bonchev–Trinajstić information content (AvgIpc) is 3.23. The number of nitrogens with one attached hydrogen (secondary N) is 1. The minimum absolute atomic E-state index is 0.167. The van der Waals surface area contributed by atoms with E-state index in [0.29, 0.717) is 33.9 Å². The van der Waals surface area contributed by atoms with Crippen molar-refractivity contribution in [3.8, 4) is 16.9 Å². The van der Waals surface area contributed by atoms with Crippen molar-refractivity contribution in [2.45, 2.75) is 19.4 Å². The largest absolute Gasteiger partial charge is 0.487 e. The van der Waals surface area contributed by atoms with Gasteiger partial charge in [0.1, 0.15) is 17.9 Å². The first-order valence-corrected chi connectivity index (χ1v) is 9.01. The monoisotopic (exact) mass is 391 g/mol. The summed E-state index contributed by atoms with van der Waals surface area (Å²) < 4.78 is 12.8. The molecule has 5 rings (SSSR count). The van der Waals surface area contributed by atoms with E-state index in [1.807, 2.05) is 13.0 Å². The lowest BCUT2D eigenvalue weighted by atomic mass is 9.91. The number of H-pyrrole nitrogens is 1. The molecule has 1 atom stereocenters. The average molecular weight is 391 g/mol. The summed E-state index contributed by atoms with van der Waals surface area (Å²) in [7, 11) is 0. The van der Waals surface area contributed by atoms with Crippen molar-refractivity contribution in [1.29, 1.82) is 0 Å². The van der Waals surface area contributed by atoms with Crippen LogP contribution in [-0.2, 0) is 10.3 Å². The Labute approximate surface area is 164 Å². The van der Waals surface area contributed by atoms with Gasteiger partial charge in [-0.05, 0) is 38.1 Å². The summed E-state index contributed by atoms with van der Waals surface area (Å²) in [5, 5.41) is 4.01. The molecule has 0 spiro atoms. The molecule has 0 bridgehead atoms. The SMILES string of the molecule is Cc1noc(C)c1-c1ccc2[nH]c(=O)n3c2c1OCC3(C(N)=O)c1ccccn1. The van der Waals surface area contributed by atoms with Gasteiger partial charge in [0.25, 0.3) is 5.91 Å². The van der Waals surface area contributed by atoms with Crippen LogP contribution in [0, 0.1) is 13.8 Å². The molecule has 4 heterocycles. The number of hydrogen-bond acceptors (Lipinski definition) is 6. The Morgan fingerprint density at radius 2 is 2.10 bits per heavy atom. The van der Waals surface area contributed by atoms with E-state index in [0.717, 1.165) is 11.1 Å². The fourth-order valence-corrected chi connectivity index (χ4v) is 4.09. The maximum absolute atomic E-state index is 13.0. The zero-order valence-electron chi connectivity index (χ0n) is 15.7. The van der Waals surface area contributed by atoms with Crippen molar-refractivity contribution in [2.75, 3.05) is 6.61 Å². The Morgan fingerprint density at radius 3 is 2.76 bits per heavy atom. The van der Waals surface area contributed by atoms with Crippen LogP contribution in [0.3, 0.4) is 0 Å². The quantitative estimate of drug-likeness (QED) is 0.546. The van der Waals surface area contributed by atoms with Gasteiger partial charge in [-0.25, -0.2) is 4.79 Å². The van der Waals surface area contributed by atoms with Crippen LogP contribution >= 0.6 is 0 Å². The highest BCUT2D eigenvalue weighted by atomic mass is 16.5. The van der Waals surface area contributed by atoms with Crippen molar-refractivity contribution in [2.24, 2.45) is 5.73 Å². The number of nitrogens with two attached hydrogens (primary N) is 1. The van der Waals surface area contributed by atoms with Gasteiger partial charge in [0.15, 0.2) is 5.75 Å². The molecule has 3 aromatic heterocycles. The molecule has 0 aliphatic carbocycles. The molecule has 1 amide bonds. The predicted octanol–water partition coefficient (Wildman–Crippen LogP) is 1.62. The summed E-state index contributed by atoms with van der Waals surface area (Å²) in [6.45, 7) is 3.47. The Bertz CT molecular complexity index is 1310. The molecule has 146 valence electrons. The number of carbonyl (C=O) groups is 1. The Balaban J connectivity index is 1.90. The van der Waals surface area contributed by atoms with E-state index in [1.54, 1.807) is 37.4 Å². The second-order valence-electron chi connectivity index (χ2n) is 7.03. The molecule has 1 unspecified atom stereocenters. The van der Waals surface area contributed by atoms with Crippen molar-refractivity contribution in [1.82, 2.24) is 19.7 Å². The lowest BCUT2D eigenvalue weighted by Gasteiger charge is -2.35.